The summed E-state index contributed by atoms with van der Waals surface area (Å²) in [6.07, 6.45) is 7.49. The van der Waals surface area contributed by atoms with Crippen molar-refractivity contribution in [2.75, 3.05) is 9.80 Å². The number of anilines is 4. The molecular formula is C54H67BN2. The highest BCUT2D eigenvalue weighted by molar-refractivity contribution is 6.96. The fourth-order valence-electron chi connectivity index (χ4n) is 12.9. The molecule has 3 aliphatic carbocycles. The van der Waals surface area contributed by atoms with E-state index in [4.69, 9.17) is 0 Å². The molecule has 1 saturated carbocycles. The maximum absolute atomic E-state index is 2.91. The van der Waals surface area contributed by atoms with Crippen LogP contribution < -0.4 is 20.7 Å². The smallest absolute Gasteiger partial charge is 0.248 e. The molecule has 10 rings (SSSR count). The molecular weight excluding hydrogens is 687 g/mol. The van der Waals surface area contributed by atoms with Crippen molar-refractivity contribution in [3.63, 3.8) is 0 Å². The molecule has 2 nitrogen and oxygen atoms in total. The molecule has 3 heterocycles. The van der Waals surface area contributed by atoms with Crippen LogP contribution in [0, 0.1) is 6.92 Å². The summed E-state index contributed by atoms with van der Waals surface area (Å²) in [6.45, 7) is 37.2. The lowest BCUT2D eigenvalue weighted by Crippen LogP contribution is -2.62. The zero-order valence-corrected chi connectivity index (χ0v) is 38.0. The Labute approximate surface area is 345 Å². The van der Waals surface area contributed by atoms with Gasteiger partial charge in [-0.2, -0.15) is 0 Å². The van der Waals surface area contributed by atoms with Gasteiger partial charge in [-0.3, -0.25) is 0 Å². The summed E-state index contributed by atoms with van der Waals surface area (Å²) >= 11 is 0. The van der Waals surface area contributed by atoms with Gasteiger partial charge in [0, 0.05) is 44.8 Å². The first kappa shape index (κ1) is 37.5. The van der Waals surface area contributed by atoms with Crippen LogP contribution in [0.15, 0.2) is 66.1 Å². The van der Waals surface area contributed by atoms with Crippen molar-refractivity contribution in [2.24, 2.45) is 0 Å². The number of allylic oxidation sites excluding steroid dienone is 1. The lowest BCUT2D eigenvalue weighted by Gasteiger charge is -2.53. The summed E-state index contributed by atoms with van der Waals surface area (Å²) in [5, 5.41) is 0. The van der Waals surface area contributed by atoms with Crippen molar-refractivity contribution in [1.29, 1.82) is 0 Å². The van der Waals surface area contributed by atoms with Crippen LogP contribution in [0.1, 0.15) is 180 Å². The zero-order valence-electron chi connectivity index (χ0n) is 38.0. The summed E-state index contributed by atoms with van der Waals surface area (Å²) in [7, 11) is 0. The van der Waals surface area contributed by atoms with Crippen molar-refractivity contribution in [2.45, 2.75) is 180 Å². The van der Waals surface area contributed by atoms with Crippen LogP contribution >= 0.6 is 0 Å². The Balaban J connectivity index is 1.36. The van der Waals surface area contributed by atoms with E-state index in [1.165, 1.54) is 100 Å². The number of rotatable bonds is 1. The lowest BCUT2D eigenvalue weighted by molar-refractivity contribution is 0.195. The molecule has 2 unspecified atom stereocenters. The summed E-state index contributed by atoms with van der Waals surface area (Å²) in [4.78, 5) is 5.65. The number of hydrogen-bond acceptors (Lipinski definition) is 2. The van der Waals surface area contributed by atoms with Gasteiger partial charge in [-0.25, -0.2) is 0 Å². The molecule has 0 aromatic heterocycles. The van der Waals surface area contributed by atoms with E-state index in [1.54, 1.807) is 27.6 Å². The maximum Gasteiger partial charge on any atom is 0.248 e. The largest absolute Gasteiger partial charge is 0.335 e. The van der Waals surface area contributed by atoms with Gasteiger partial charge in [0.2, 0.25) is 6.71 Å². The van der Waals surface area contributed by atoms with Gasteiger partial charge in [0.15, 0.2) is 0 Å². The van der Waals surface area contributed by atoms with E-state index in [9.17, 15) is 0 Å². The fraction of sp³-hybridized carbons (Fsp3) is 0.519. The summed E-state index contributed by atoms with van der Waals surface area (Å²) < 4.78 is 0. The quantitative estimate of drug-likeness (QED) is 0.179. The third kappa shape index (κ3) is 4.72. The van der Waals surface area contributed by atoms with E-state index in [2.05, 4.69) is 174 Å². The highest BCUT2D eigenvalue weighted by Gasteiger charge is 2.63. The van der Waals surface area contributed by atoms with Crippen LogP contribution in [0.4, 0.5) is 22.7 Å². The van der Waals surface area contributed by atoms with Gasteiger partial charge in [0.25, 0.3) is 0 Å². The monoisotopic (exact) mass is 755 g/mol. The van der Waals surface area contributed by atoms with Crippen molar-refractivity contribution >= 4 is 46.1 Å². The van der Waals surface area contributed by atoms with E-state index in [1.807, 2.05) is 0 Å². The Morgan fingerprint density at radius 1 is 0.596 bits per heavy atom. The van der Waals surface area contributed by atoms with Gasteiger partial charge >= 0.3 is 0 Å². The normalized spacial score (nSPS) is 25.8. The number of aryl methyl sites for hydroxylation is 1. The van der Waals surface area contributed by atoms with Gasteiger partial charge in [-0.05, 0) is 141 Å². The molecule has 0 bridgehead atoms. The fourth-order valence-corrected chi connectivity index (χ4v) is 12.9. The first-order valence-corrected chi connectivity index (χ1v) is 22.4. The SMILES string of the molecule is Cc1cc2c3c(c1)N1c4c(cc(C(C)(C)C)cc4C4(C)CCCCC14C)B3C1=C(c3cc4c(cc3C1(C)C)C(C)(C)CCC4(C)C)N2c1ccc(C(C)(C)C)cc1. The number of nitrogens with zero attached hydrogens (tertiary/aromatic N) is 2. The molecule has 0 saturated heterocycles. The summed E-state index contributed by atoms with van der Waals surface area (Å²) in [6, 6.07) is 25.5. The molecule has 57 heavy (non-hydrogen) atoms. The van der Waals surface area contributed by atoms with Gasteiger partial charge in [0.05, 0.1) is 5.54 Å². The minimum absolute atomic E-state index is 0.00357. The molecule has 6 aliphatic rings. The Bertz CT molecular complexity index is 2460. The Morgan fingerprint density at radius 2 is 1.19 bits per heavy atom. The third-order valence-corrected chi connectivity index (χ3v) is 16.8. The van der Waals surface area contributed by atoms with Gasteiger partial charge in [-0.1, -0.05) is 139 Å². The molecule has 4 aromatic rings. The van der Waals surface area contributed by atoms with Gasteiger partial charge in [0.1, 0.15) is 0 Å². The number of hydrogen-bond donors (Lipinski definition) is 0. The third-order valence-electron chi connectivity index (χ3n) is 16.8. The van der Waals surface area contributed by atoms with Crippen LogP contribution in [0.3, 0.4) is 0 Å². The van der Waals surface area contributed by atoms with E-state index in [0.717, 1.165) is 0 Å². The second-order valence-corrected chi connectivity index (χ2v) is 23.7. The van der Waals surface area contributed by atoms with Crippen molar-refractivity contribution in [3.05, 3.63) is 111 Å². The first-order chi connectivity index (χ1) is 26.4. The zero-order chi connectivity index (χ0) is 40.8. The summed E-state index contributed by atoms with van der Waals surface area (Å²) in [5.74, 6) is 0. The molecule has 3 heteroatoms. The molecule has 3 aliphatic heterocycles. The van der Waals surface area contributed by atoms with Crippen molar-refractivity contribution < 1.29 is 0 Å². The van der Waals surface area contributed by atoms with E-state index < -0.39 is 0 Å². The minimum Gasteiger partial charge on any atom is -0.335 e. The maximum atomic E-state index is 2.91. The Morgan fingerprint density at radius 3 is 1.82 bits per heavy atom. The number of benzene rings is 4. The molecule has 0 N–H and O–H groups in total. The standard InChI is InChI=1S/C54H67BN2/c1-32-26-42-44-43(27-32)57-46-40(53(14)22-16-17-23-54(53,57)15)28-34(49(5,6)7)29-41(46)55(44)47-45(56(42)35-20-18-33(19-21-35)48(2,3)4)36-30-38-39(31-37(36)52(47,12)13)51(10,11)25-24-50(38,8)9/h18-21,26-31H,16-17,22-25H2,1-15H3. The average Bonchev–Trinajstić information content (AvgIpc) is 3.48. The number of fused-ring (bicyclic) bond motifs is 9. The van der Waals surface area contributed by atoms with Crippen LogP contribution in [0.2, 0.25) is 0 Å². The summed E-state index contributed by atoms with van der Waals surface area (Å²) in [5.41, 5.74) is 23.9. The first-order valence-electron chi connectivity index (χ1n) is 22.4. The van der Waals surface area contributed by atoms with E-state index >= 15 is 0 Å². The Kier molecular flexibility index (Phi) is 7.31. The molecule has 2 atom stereocenters. The highest BCUT2D eigenvalue weighted by atomic mass is 15.3. The predicted octanol–water partition coefficient (Wildman–Crippen LogP) is 13.0. The predicted molar refractivity (Wildman–Crippen MR) is 247 cm³/mol. The van der Waals surface area contributed by atoms with Crippen molar-refractivity contribution in [3.8, 4) is 0 Å². The van der Waals surface area contributed by atoms with Crippen LogP contribution in [-0.4, -0.2) is 12.3 Å². The minimum atomic E-state index is -0.183. The van der Waals surface area contributed by atoms with E-state index in [0.29, 0.717) is 0 Å². The van der Waals surface area contributed by atoms with Crippen LogP contribution in [-0.2, 0) is 32.5 Å². The molecule has 0 radical (unpaired) electrons. The van der Waals surface area contributed by atoms with Crippen LogP contribution in [0.5, 0.6) is 0 Å². The van der Waals surface area contributed by atoms with E-state index in [-0.39, 0.29) is 44.7 Å². The van der Waals surface area contributed by atoms with Crippen LogP contribution in [0.25, 0.3) is 5.70 Å². The Hall–Kier alpha value is -3.72. The van der Waals surface area contributed by atoms with Crippen molar-refractivity contribution in [1.82, 2.24) is 0 Å². The molecule has 1 fully saturated rings. The molecule has 4 aromatic carbocycles. The molecule has 0 amide bonds. The molecule has 296 valence electrons. The van der Waals surface area contributed by atoms with Gasteiger partial charge in [-0.15, -0.1) is 0 Å². The topological polar surface area (TPSA) is 6.48 Å². The average molecular weight is 755 g/mol. The second-order valence-electron chi connectivity index (χ2n) is 23.7. The lowest BCUT2D eigenvalue weighted by atomic mass is 9.30. The molecule has 0 spiro atoms. The second kappa shape index (κ2) is 11.1. The van der Waals surface area contributed by atoms with Gasteiger partial charge < -0.3 is 9.80 Å². The highest BCUT2D eigenvalue weighted by Crippen LogP contribution is 2.64.